The minimum atomic E-state index is 0.183. The first-order valence-corrected chi connectivity index (χ1v) is 8.51. The van der Waals surface area contributed by atoms with Crippen LogP contribution in [0.25, 0.3) is 0 Å². The van der Waals surface area contributed by atoms with Crippen molar-refractivity contribution in [3.63, 3.8) is 0 Å². The van der Waals surface area contributed by atoms with Crippen molar-refractivity contribution in [1.82, 2.24) is 24.6 Å². The maximum atomic E-state index is 11.4. The van der Waals surface area contributed by atoms with Crippen LogP contribution in [-0.2, 0) is 18.4 Å². The highest BCUT2D eigenvalue weighted by molar-refractivity contribution is 5.73. The molecule has 122 valence electrons. The fraction of sp³-hybridized carbons (Fsp3) is 0.812. The van der Waals surface area contributed by atoms with Crippen molar-refractivity contribution < 1.29 is 4.79 Å². The summed E-state index contributed by atoms with van der Waals surface area (Å²) in [6.45, 7) is 6.61. The van der Waals surface area contributed by atoms with Crippen LogP contribution in [0.15, 0.2) is 0 Å². The van der Waals surface area contributed by atoms with Crippen molar-refractivity contribution in [2.75, 3.05) is 26.2 Å². The highest BCUT2D eigenvalue weighted by Gasteiger charge is 2.26. The van der Waals surface area contributed by atoms with Crippen LogP contribution in [0, 0.1) is 0 Å². The number of hydrogen-bond acceptors (Lipinski definition) is 4. The quantitative estimate of drug-likeness (QED) is 0.850. The van der Waals surface area contributed by atoms with Crippen LogP contribution < -0.4 is 0 Å². The molecular formula is C16H27N5O. The van der Waals surface area contributed by atoms with E-state index in [1.165, 1.54) is 32.4 Å². The van der Waals surface area contributed by atoms with E-state index < -0.39 is 0 Å². The zero-order valence-electron chi connectivity index (χ0n) is 13.8. The van der Waals surface area contributed by atoms with Crippen molar-refractivity contribution >= 4 is 5.91 Å². The van der Waals surface area contributed by atoms with Crippen molar-refractivity contribution in [1.29, 1.82) is 0 Å². The van der Waals surface area contributed by atoms with Gasteiger partial charge in [0.05, 0.1) is 6.54 Å². The van der Waals surface area contributed by atoms with Gasteiger partial charge >= 0.3 is 0 Å². The lowest BCUT2D eigenvalue weighted by molar-refractivity contribution is -0.129. The summed E-state index contributed by atoms with van der Waals surface area (Å²) >= 11 is 0. The maximum absolute atomic E-state index is 11.4. The van der Waals surface area contributed by atoms with E-state index in [1.807, 2.05) is 4.90 Å². The molecule has 2 aliphatic heterocycles. The van der Waals surface area contributed by atoms with Crippen LogP contribution in [-0.4, -0.2) is 56.7 Å². The van der Waals surface area contributed by atoms with Crippen LogP contribution in [0.1, 0.15) is 56.6 Å². The standard InChI is InChI=1S/C16H27N5O/c1-13(22)21-10-6-14(7-11-21)16-18-17-15(19(16)2)12-20-8-4-3-5-9-20/h14H,3-12H2,1-2H3. The smallest absolute Gasteiger partial charge is 0.219 e. The Morgan fingerprint density at radius 1 is 1.09 bits per heavy atom. The summed E-state index contributed by atoms with van der Waals surface area (Å²) in [4.78, 5) is 15.8. The molecule has 0 unspecified atom stereocenters. The SMILES string of the molecule is CC(=O)N1CCC(c2nnc(CN3CCCCC3)n2C)CC1. The first-order valence-electron chi connectivity index (χ1n) is 8.51. The summed E-state index contributed by atoms with van der Waals surface area (Å²) in [5.74, 6) is 2.78. The Morgan fingerprint density at radius 3 is 2.41 bits per heavy atom. The molecule has 0 aliphatic carbocycles. The number of amides is 1. The van der Waals surface area contributed by atoms with Crippen LogP contribution in [0.2, 0.25) is 0 Å². The Hall–Kier alpha value is -1.43. The van der Waals surface area contributed by atoms with Gasteiger partial charge in [0, 0.05) is 33.0 Å². The van der Waals surface area contributed by atoms with Gasteiger partial charge in [-0.05, 0) is 38.8 Å². The molecule has 0 radical (unpaired) electrons. The second kappa shape index (κ2) is 6.77. The first kappa shape index (κ1) is 15.5. The van der Waals surface area contributed by atoms with Crippen LogP contribution in [0.4, 0.5) is 0 Å². The predicted octanol–water partition coefficient (Wildman–Crippen LogP) is 1.53. The highest BCUT2D eigenvalue weighted by Crippen LogP contribution is 2.27. The van der Waals surface area contributed by atoms with Gasteiger partial charge in [-0.1, -0.05) is 6.42 Å². The molecule has 1 aromatic rings. The molecule has 3 rings (SSSR count). The van der Waals surface area contributed by atoms with Crippen molar-refractivity contribution in [2.45, 2.75) is 51.5 Å². The number of rotatable bonds is 3. The lowest BCUT2D eigenvalue weighted by Gasteiger charge is -2.30. The predicted molar refractivity (Wildman–Crippen MR) is 84.4 cm³/mol. The molecule has 0 N–H and O–H groups in total. The van der Waals surface area contributed by atoms with E-state index in [2.05, 4.69) is 26.7 Å². The summed E-state index contributed by atoms with van der Waals surface area (Å²) in [7, 11) is 2.09. The van der Waals surface area contributed by atoms with Gasteiger partial charge in [0.15, 0.2) is 0 Å². The van der Waals surface area contributed by atoms with Gasteiger partial charge in [-0.15, -0.1) is 10.2 Å². The summed E-state index contributed by atoms with van der Waals surface area (Å²) in [6, 6.07) is 0. The Morgan fingerprint density at radius 2 is 1.77 bits per heavy atom. The summed E-state index contributed by atoms with van der Waals surface area (Å²) in [5, 5.41) is 8.89. The van der Waals surface area contributed by atoms with Crippen molar-refractivity contribution in [2.24, 2.45) is 7.05 Å². The van der Waals surface area contributed by atoms with Gasteiger partial charge in [0.2, 0.25) is 5.91 Å². The fourth-order valence-corrected chi connectivity index (χ4v) is 3.64. The average molecular weight is 305 g/mol. The number of hydrogen-bond donors (Lipinski definition) is 0. The van der Waals surface area contributed by atoms with Crippen LogP contribution in [0.5, 0.6) is 0 Å². The molecule has 0 aromatic carbocycles. The summed E-state index contributed by atoms with van der Waals surface area (Å²) in [6.07, 6.45) is 5.95. The van der Waals surface area contributed by atoms with Gasteiger partial charge in [0.1, 0.15) is 11.6 Å². The van der Waals surface area contributed by atoms with Crippen molar-refractivity contribution in [3.05, 3.63) is 11.6 Å². The maximum Gasteiger partial charge on any atom is 0.219 e. The van der Waals surface area contributed by atoms with E-state index in [9.17, 15) is 4.79 Å². The Bertz CT molecular complexity index is 513. The van der Waals surface area contributed by atoms with E-state index in [4.69, 9.17) is 0 Å². The monoisotopic (exact) mass is 305 g/mol. The molecule has 6 nitrogen and oxygen atoms in total. The number of nitrogens with zero attached hydrogens (tertiary/aromatic N) is 5. The molecule has 22 heavy (non-hydrogen) atoms. The molecule has 0 bridgehead atoms. The zero-order valence-corrected chi connectivity index (χ0v) is 13.8. The van der Waals surface area contributed by atoms with Gasteiger partial charge in [-0.2, -0.15) is 0 Å². The second-order valence-electron chi connectivity index (χ2n) is 6.65. The molecule has 1 aromatic heterocycles. The largest absolute Gasteiger partial charge is 0.343 e. The topological polar surface area (TPSA) is 54.3 Å². The molecule has 3 heterocycles. The number of likely N-dealkylation sites (tertiary alicyclic amines) is 2. The highest BCUT2D eigenvalue weighted by atomic mass is 16.2. The molecule has 2 saturated heterocycles. The van der Waals surface area contributed by atoms with Gasteiger partial charge in [-0.25, -0.2) is 0 Å². The molecule has 0 spiro atoms. The molecule has 0 saturated carbocycles. The third kappa shape index (κ3) is 3.32. The van der Waals surface area contributed by atoms with Gasteiger partial charge < -0.3 is 9.47 Å². The minimum absolute atomic E-state index is 0.183. The van der Waals surface area contributed by atoms with E-state index in [-0.39, 0.29) is 5.91 Å². The van der Waals surface area contributed by atoms with E-state index in [0.29, 0.717) is 5.92 Å². The van der Waals surface area contributed by atoms with E-state index >= 15 is 0 Å². The fourth-order valence-electron chi connectivity index (χ4n) is 3.64. The number of carbonyl (C=O) groups is 1. The normalized spacial score (nSPS) is 21.3. The van der Waals surface area contributed by atoms with Gasteiger partial charge in [0.25, 0.3) is 0 Å². The number of piperidine rings is 2. The third-order valence-electron chi connectivity index (χ3n) is 5.12. The number of carbonyl (C=O) groups excluding carboxylic acids is 1. The van der Waals surface area contributed by atoms with Crippen LogP contribution in [0.3, 0.4) is 0 Å². The summed E-state index contributed by atoms with van der Waals surface area (Å²) < 4.78 is 2.18. The van der Waals surface area contributed by atoms with Crippen molar-refractivity contribution in [3.8, 4) is 0 Å². The minimum Gasteiger partial charge on any atom is -0.343 e. The van der Waals surface area contributed by atoms with Crippen LogP contribution >= 0.6 is 0 Å². The zero-order chi connectivity index (χ0) is 15.5. The molecular weight excluding hydrogens is 278 g/mol. The van der Waals surface area contributed by atoms with E-state index in [0.717, 1.165) is 44.1 Å². The molecule has 1 amide bonds. The third-order valence-corrected chi connectivity index (χ3v) is 5.12. The molecule has 6 heteroatoms. The molecule has 0 atom stereocenters. The number of aromatic nitrogens is 3. The second-order valence-corrected chi connectivity index (χ2v) is 6.65. The van der Waals surface area contributed by atoms with E-state index in [1.54, 1.807) is 6.92 Å². The average Bonchev–Trinajstić information content (AvgIpc) is 2.89. The first-order chi connectivity index (χ1) is 10.6. The molecule has 2 fully saturated rings. The Labute approximate surface area is 132 Å². The van der Waals surface area contributed by atoms with Gasteiger partial charge in [-0.3, -0.25) is 9.69 Å². The molecule has 2 aliphatic rings. The Kier molecular flexibility index (Phi) is 4.76. The lowest BCUT2D eigenvalue weighted by atomic mass is 9.96. The Balaban J connectivity index is 1.62. The summed E-state index contributed by atoms with van der Waals surface area (Å²) in [5.41, 5.74) is 0. The lowest BCUT2D eigenvalue weighted by Crippen LogP contribution is -2.36.